The summed E-state index contributed by atoms with van der Waals surface area (Å²) in [4.78, 5) is 9.75. The van der Waals surface area contributed by atoms with Gasteiger partial charge in [0.1, 0.15) is 11.6 Å². The highest BCUT2D eigenvalue weighted by molar-refractivity contribution is 7.89. The summed E-state index contributed by atoms with van der Waals surface area (Å²) in [7, 11) is -3.80. The zero-order chi connectivity index (χ0) is 26.9. The lowest BCUT2D eigenvalue weighted by Crippen LogP contribution is -2.14. The number of primary sulfonamides is 1. The van der Waals surface area contributed by atoms with Crippen molar-refractivity contribution in [1.82, 2.24) is 4.98 Å². The first kappa shape index (κ1) is 25.9. The third-order valence-corrected chi connectivity index (χ3v) is 8.00. The molecule has 1 aliphatic heterocycles. The normalized spacial score (nSPS) is 15.2. The minimum absolute atomic E-state index is 0.00123. The van der Waals surface area contributed by atoms with Crippen LogP contribution < -0.4 is 15.2 Å². The zero-order valence-electron chi connectivity index (χ0n) is 19.3. The summed E-state index contributed by atoms with van der Waals surface area (Å²) in [5, 5.41) is 20.1. The van der Waals surface area contributed by atoms with E-state index in [0.717, 1.165) is 11.1 Å². The third kappa shape index (κ3) is 5.57. The second kappa shape index (κ2) is 10.6. The fourth-order valence-electron chi connectivity index (χ4n) is 3.74. The molecule has 3 N–H and O–H groups in total. The molecule has 0 bridgehead atoms. The predicted octanol–water partition coefficient (Wildman–Crippen LogP) is 6.22. The largest absolute Gasteiger partial charge is 0.418 e. The third-order valence-electron chi connectivity index (χ3n) is 5.55. The van der Waals surface area contributed by atoms with E-state index in [1.165, 1.54) is 23.5 Å². The smallest absolute Gasteiger partial charge is 0.238 e. The number of hydrogen-bond donors (Lipinski definition) is 2. The van der Waals surface area contributed by atoms with Gasteiger partial charge in [0.05, 0.1) is 15.7 Å². The van der Waals surface area contributed by atoms with Gasteiger partial charge in [-0.1, -0.05) is 58.8 Å². The van der Waals surface area contributed by atoms with Crippen molar-refractivity contribution >= 4 is 61.6 Å². The van der Waals surface area contributed by atoms with Crippen LogP contribution in [-0.4, -0.2) is 19.6 Å². The van der Waals surface area contributed by atoms with E-state index in [-0.39, 0.29) is 10.8 Å². The summed E-state index contributed by atoms with van der Waals surface area (Å²) in [5.41, 5.74) is 2.52. The molecule has 5 rings (SSSR count). The number of benzene rings is 3. The highest BCUT2D eigenvalue weighted by atomic mass is 35.5. The fourth-order valence-corrected chi connectivity index (χ4v) is 5.56. The molecule has 190 valence electrons. The molecule has 0 radical (unpaired) electrons. The number of fused-ring (bicyclic) bond motifs is 1. The minimum Gasteiger partial charge on any atom is -0.418 e. The molecule has 1 unspecified atom stereocenters. The number of rotatable bonds is 6. The first-order valence-electron chi connectivity index (χ1n) is 11.0. The predicted molar refractivity (Wildman–Crippen MR) is 149 cm³/mol. The molecule has 4 aromatic rings. The van der Waals surface area contributed by atoms with Gasteiger partial charge >= 0.3 is 0 Å². The topological polar surface area (TPSA) is 130 Å². The van der Waals surface area contributed by atoms with E-state index in [0.29, 0.717) is 37.2 Å². The van der Waals surface area contributed by atoms with Crippen LogP contribution in [0.3, 0.4) is 0 Å². The van der Waals surface area contributed by atoms with Crippen LogP contribution in [0.5, 0.6) is 5.88 Å². The molecule has 1 atom stereocenters. The molecule has 0 spiro atoms. The molecule has 3 aromatic carbocycles. The summed E-state index contributed by atoms with van der Waals surface area (Å²) in [6.45, 7) is 0. The molecule has 8 nitrogen and oxygen atoms in total. The average Bonchev–Trinajstić information content (AvgIpc) is 3.29. The first-order chi connectivity index (χ1) is 18.2. The van der Waals surface area contributed by atoms with E-state index >= 15 is 0 Å². The second-order valence-corrected chi connectivity index (χ2v) is 11.6. The van der Waals surface area contributed by atoms with Crippen molar-refractivity contribution in [3.05, 3.63) is 110 Å². The second-order valence-electron chi connectivity index (χ2n) is 8.11. The fraction of sp³-hybridized carbons (Fsp3) is 0.0385. The van der Waals surface area contributed by atoms with Crippen molar-refractivity contribution in [2.75, 3.05) is 5.32 Å². The van der Waals surface area contributed by atoms with Crippen LogP contribution in [0.15, 0.2) is 94.1 Å². The van der Waals surface area contributed by atoms with Crippen molar-refractivity contribution in [1.29, 1.82) is 5.26 Å². The van der Waals surface area contributed by atoms with Crippen molar-refractivity contribution < 1.29 is 13.2 Å². The van der Waals surface area contributed by atoms with E-state index in [9.17, 15) is 13.7 Å². The van der Waals surface area contributed by atoms with Gasteiger partial charge in [-0.15, -0.1) is 0 Å². The van der Waals surface area contributed by atoms with Gasteiger partial charge < -0.3 is 10.1 Å². The van der Waals surface area contributed by atoms with Crippen molar-refractivity contribution in [2.24, 2.45) is 10.1 Å². The molecule has 1 aliphatic rings. The van der Waals surface area contributed by atoms with E-state index in [4.69, 9.17) is 33.1 Å². The van der Waals surface area contributed by atoms with Crippen LogP contribution in [0.25, 0.3) is 0 Å². The molecule has 2 heterocycles. The Kier molecular flexibility index (Phi) is 7.21. The van der Waals surface area contributed by atoms with Gasteiger partial charge in [-0.2, -0.15) is 10.2 Å². The Labute approximate surface area is 232 Å². The van der Waals surface area contributed by atoms with Gasteiger partial charge in [-0.3, -0.25) is 0 Å². The minimum atomic E-state index is -3.80. The highest BCUT2D eigenvalue weighted by Crippen LogP contribution is 2.47. The maximum absolute atomic E-state index is 11.5. The molecule has 0 saturated carbocycles. The van der Waals surface area contributed by atoms with Crippen LogP contribution in [0, 0.1) is 11.3 Å². The molecule has 0 aliphatic carbocycles. The summed E-state index contributed by atoms with van der Waals surface area (Å²) < 4.78 is 29.1. The summed E-state index contributed by atoms with van der Waals surface area (Å²) >= 11 is 13.4. The van der Waals surface area contributed by atoms with E-state index in [1.807, 2.05) is 12.1 Å². The molecule has 0 saturated heterocycles. The highest BCUT2D eigenvalue weighted by Gasteiger charge is 2.35. The number of aromatic nitrogens is 1. The lowest BCUT2D eigenvalue weighted by atomic mass is 9.89. The maximum Gasteiger partial charge on any atom is 0.238 e. The van der Waals surface area contributed by atoms with Crippen LogP contribution in [-0.2, 0) is 10.0 Å². The number of nitrogens with one attached hydrogen (secondary N) is 1. The average molecular weight is 582 g/mol. The number of sulfonamides is 1. The summed E-state index contributed by atoms with van der Waals surface area (Å²) in [5.74, 6) is -0.0543. The molecule has 0 amide bonds. The zero-order valence-corrected chi connectivity index (χ0v) is 22.4. The molecular formula is C26H17Cl2N5O3S2. The van der Waals surface area contributed by atoms with Crippen LogP contribution in [0.2, 0.25) is 10.0 Å². The van der Waals surface area contributed by atoms with Crippen molar-refractivity contribution in [2.45, 2.75) is 10.8 Å². The van der Waals surface area contributed by atoms with Gasteiger partial charge in [0, 0.05) is 21.9 Å². The Hall–Kier alpha value is -3.72. The lowest BCUT2D eigenvalue weighted by Gasteiger charge is -2.22. The Balaban J connectivity index is 1.53. The standard InChI is InChI=1S/C26H17Cl2N5O3S2/c27-17-5-1-15(2-6-17)14-31-24-21(13-29)22(16-3-7-18(28)8-4-16)23-25(36-24)33-26(37-23)32-19-9-11-20(12-10-19)38(30,34)35/h1-12,14,22H,(H,32,33)(H2,30,34,35)/b31-14+. The number of aliphatic imine (C=N–C) groups is 1. The quantitative estimate of drug-likeness (QED) is 0.260. The number of allylic oxidation sites excluding steroid dienone is 1. The lowest BCUT2D eigenvalue weighted by molar-refractivity contribution is 0.384. The number of thiazole rings is 1. The van der Waals surface area contributed by atoms with Gasteiger partial charge in [0.15, 0.2) is 5.13 Å². The molecule has 38 heavy (non-hydrogen) atoms. The van der Waals surface area contributed by atoms with Crippen LogP contribution in [0.4, 0.5) is 10.8 Å². The molecule has 12 heteroatoms. The van der Waals surface area contributed by atoms with Gasteiger partial charge in [-0.25, -0.2) is 18.5 Å². The number of ether oxygens (including phenoxy) is 1. The Morgan fingerprint density at radius 2 is 1.66 bits per heavy atom. The van der Waals surface area contributed by atoms with Gasteiger partial charge in [-0.05, 0) is 59.7 Å². The summed E-state index contributed by atoms with van der Waals surface area (Å²) in [6, 6.07) is 22.5. The Bertz CT molecular complexity index is 1710. The van der Waals surface area contributed by atoms with Crippen molar-refractivity contribution in [3.63, 3.8) is 0 Å². The van der Waals surface area contributed by atoms with Crippen LogP contribution in [0.1, 0.15) is 21.9 Å². The van der Waals surface area contributed by atoms with Crippen LogP contribution >= 0.6 is 34.5 Å². The Morgan fingerprint density at radius 1 is 1.03 bits per heavy atom. The number of nitrogens with two attached hydrogens (primary N) is 1. The number of nitrogens with zero attached hydrogens (tertiary/aromatic N) is 3. The molecule has 1 aromatic heterocycles. The van der Waals surface area contributed by atoms with E-state index in [1.54, 1.807) is 54.7 Å². The summed E-state index contributed by atoms with van der Waals surface area (Å²) in [6.07, 6.45) is 1.59. The van der Waals surface area contributed by atoms with Gasteiger partial charge in [0.25, 0.3) is 0 Å². The number of nitriles is 1. The molecule has 0 fully saturated rings. The monoisotopic (exact) mass is 581 g/mol. The first-order valence-corrected chi connectivity index (χ1v) is 14.1. The number of halogens is 2. The van der Waals surface area contributed by atoms with Crippen molar-refractivity contribution in [3.8, 4) is 11.9 Å². The SMILES string of the molecule is N#CC1=C(/N=C/c2ccc(Cl)cc2)Oc2nc(Nc3ccc(S(N)(=O)=O)cc3)sc2C1c1ccc(Cl)cc1. The number of anilines is 2. The molecular weight excluding hydrogens is 565 g/mol. The maximum atomic E-state index is 11.5. The van der Waals surface area contributed by atoms with E-state index in [2.05, 4.69) is 21.4 Å². The van der Waals surface area contributed by atoms with E-state index < -0.39 is 15.9 Å². The van der Waals surface area contributed by atoms with Gasteiger partial charge in [0.2, 0.25) is 21.8 Å². The number of hydrogen-bond acceptors (Lipinski definition) is 8. The Morgan fingerprint density at radius 3 is 2.26 bits per heavy atom.